The molecular formula is C28H22F2N4O2S. The summed E-state index contributed by atoms with van der Waals surface area (Å²) in [4.78, 5) is 27.7. The summed E-state index contributed by atoms with van der Waals surface area (Å²) >= 11 is 1.08. The van der Waals surface area contributed by atoms with Crippen molar-refractivity contribution in [2.75, 3.05) is 10.2 Å². The number of nitrogens with zero attached hydrogens (tertiary/aromatic N) is 3. The molecule has 0 atom stereocenters. The molecule has 0 aliphatic carbocycles. The zero-order valence-electron chi connectivity index (χ0n) is 20.3. The monoisotopic (exact) mass is 516 g/mol. The molecule has 0 bridgehead atoms. The molecule has 2 heterocycles. The first-order valence-corrected chi connectivity index (χ1v) is 12.3. The number of thioether (sulfide) groups is 1. The van der Waals surface area contributed by atoms with E-state index in [-0.39, 0.29) is 28.0 Å². The molecule has 0 saturated carbocycles. The number of carbonyl (C=O) groups excluding carboxylic acids is 2. The SMILES string of the molecule is CC(C)(C)c1ccc(N2C(=O)C(=Cc3ccc(F)cc3)SC2=NN=C2C(=O)Nc3ccc(F)cc32)cc1. The number of benzene rings is 3. The summed E-state index contributed by atoms with van der Waals surface area (Å²) in [5, 5.41) is 11.2. The van der Waals surface area contributed by atoms with Gasteiger partial charge in [-0.05, 0) is 76.8 Å². The van der Waals surface area contributed by atoms with Crippen LogP contribution in [0.3, 0.4) is 0 Å². The Hall–Kier alpha value is -4.11. The maximum absolute atomic E-state index is 13.8. The van der Waals surface area contributed by atoms with Gasteiger partial charge in [0.15, 0.2) is 5.71 Å². The van der Waals surface area contributed by atoms with Crippen molar-refractivity contribution in [3.05, 3.63) is 100.0 Å². The van der Waals surface area contributed by atoms with E-state index >= 15 is 0 Å². The summed E-state index contributed by atoms with van der Waals surface area (Å²) in [6.45, 7) is 6.29. The van der Waals surface area contributed by atoms with E-state index in [0.717, 1.165) is 17.3 Å². The highest BCUT2D eigenvalue weighted by Crippen LogP contribution is 2.37. The number of hydrogen-bond acceptors (Lipinski definition) is 5. The standard InChI is InChI=1S/C28H22F2N4O2S/c1-28(2,3)17-6-11-20(12-7-17)34-26(36)23(14-16-4-8-18(29)9-5-16)37-27(34)33-32-24-21-15-19(30)10-13-22(21)31-25(24)35/h4-15H,1-3H3,(H,31,32,35). The van der Waals surface area contributed by atoms with Crippen molar-refractivity contribution >= 4 is 51.9 Å². The molecule has 1 saturated heterocycles. The third kappa shape index (κ3) is 4.95. The van der Waals surface area contributed by atoms with Crippen LogP contribution in [0.1, 0.15) is 37.5 Å². The van der Waals surface area contributed by atoms with Gasteiger partial charge < -0.3 is 5.32 Å². The lowest BCUT2D eigenvalue weighted by Gasteiger charge is -2.21. The van der Waals surface area contributed by atoms with E-state index in [0.29, 0.717) is 27.4 Å². The Morgan fingerprint density at radius 2 is 1.57 bits per heavy atom. The number of halogens is 2. The molecule has 3 aromatic rings. The second-order valence-corrected chi connectivity index (χ2v) is 10.6. The van der Waals surface area contributed by atoms with E-state index in [2.05, 4.69) is 36.3 Å². The number of fused-ring (bicyclic) bond motifs is 1. The number of hydrogen-bond donors (Lipinski definition) is 1. The van der Waals surface area contributed by atoms with Gasteiger partial charge in [0.2, 0.25) is 5.17 Å². The summed E-state index contributed by atoms with van der Waals surface area (Å²) in [5.41, 5.74) is 2.93. The number of amidine groups is 1. The van der Waals surface area contributed by atoms with Crippen molar-refractivity contribution < 1.29 is 18.4 Å². The Morgan fingerprint density at radius 1 is 0.892 bits per heavy atom. The van der Waals surface area contributed by atoms with Gasteiger partial charge in [0.05, 0.1) is 16.3 Å². The van der Waals surface area contributed by atoms with Crippen LogP contribution in [0.15, 0.2) is 81.8 Å². The normalized spacial score (nSPS) is 18.7. The molecule has 3 aromatic carbocycles. The van der Waals surface area contributed by atoms with Crippen LogP contribution in [0.5, 0.6) is 0 Å². The first-order chi connectivity index (χ1) is 17.6. The summed E-state index contributed by atoms with van der Waals surface area (Å²) in [7, 11) is 0. The Bertz CT molecular complexity index is 1500. The molecule has 5 rings (SSSR count). The minimum Gasteiger partial charge on any atom is -0.320 e. The molecular weight excluding hydrogens is 494 g/mol. The summed E-state index contributed by atoms with van der Waals surface area (Å²) in [5.74, 6) is -1.73. The fraction of sp³-hybridized carbons (Fsp3) is 0.143. The Morgan fingerprint density at radius 3 is 2.24 bits per heavy atom. The number of anilines is 2. The van der Waals surface area contributed by atoms with E-state index in [4.69, 9.17) is 0 Å². The predicted octanol–water partition coefficient (Wildman–Crippen LogP) is 6.10. The molecule has 0 radical (unpaired) electrons. The first kappa shape index (κ1) is 24.6. The molecule has 0 spiro atoms. The number of amides is 2. The maximum Gasteiger partial charge on any atom is 0.276 e. The lowest BCUT2D eigenvalue weighted by molar-refractivity contribution is -0.113. The van der Waals surface area contributed by atoms with Gasteiger partial charge in [-0.25, -0.2) is 8.78 Å². The van der Waals surface area contributed by atoms with Crippen LogP contribution in [-0.4, -0.2) is 22.7 Å². The minimum atomic E-state index is -0.512. The number of rotatable bonds is 3. The highest BCUT2D eigenvalue weighted by Gasteiger charge is 2.36. The van der Waals surface area contributed by atoms with Crippen molar-refractivity contribution in [2.45, 2.75) is 26.2 Å². The fourth-order valence-electron chi connectivity index (χ4n) is 3.91. The predicted molar refractivity (Wildman–Crippen MR) is 144 cm³/mol. The Balaban J connectivity index is 1.57. The highest BCUT2D eigenvalue weighted by molar-refractivity contribution is 8.19. The highest BCUT2D eigenvalue weighted by atomic mass is 32.2. The molecule has 1 N–H and O–H groups in total. The third-order valence-corrected chi connectivity index (χ3v) is 6.86. The van der Waals surface area contributed by atoms with Gasteiger partial charge in [-0.1, -0.05) is 45.0 Å². The van der Waals surface area contributed by atoms with Crippen molar-refractivity contribution in [1.29, 1.82) is 0 Å². The summed E-state index contributed by atoms with van der Waals surface area (Å²) < 4.78 is 27.2. The smallest absolute Gasteiger partial charge is 0.276 e. The average molecular weight is 517 g/mol. The number of carbonyl (C=O) groups is 2. The van der Waals surface area contributed by atoms with Crippen LogP contribution in [0.25, 0.3) is 6.08 Å². The molecule has 9 heteroatoms. The van der Waals surface area contributed by atoms with Crippen LogP contribution in [0.2, 0.25) is 0 Å². The molecule has 2 aliphatic heterocycles. The van der Waals surface area contributed by atoms with E-state index in [1.807, 2.05) is 24.3 Å². The van der Waals surface area contributed by atoms with Crippen LogP contribution in [0, 0.1) is 11.6 Å². The fourth-order valence-corrected chi connectivity index (χ4v) is 4.84. The summed E-state index contributed by atoms with van der Waals surface area (Å²) in [6.07, 6.45) is 1.64. The lowest BCUT2D eigenvalue weighted by atomic mass is 9.87. The maximum atomic E-state index is 13.8. The zero-order valence-corrected chi connectivity index (χ0v) is 21.1. The second kappa shape index (κ2) is 9.40. The van der Waals surface area contributed by atoms with Gasteiger partial charge >= 0.3 is 0 Å². The molecule has 0 unspecified atom stereocenters. The minimum absolute atomic E-state index is 0.0472. The van der Waals surface area contributed by atoms with Crippen LogP contribution in [-0.2, 0) is 15.0 Å². The number of nitrogens with one attached hydrogen (secondary N) is 1. The topological polar surface area (TPSA) is 74.1 Å². The average Bonchev–Trinajstić information content (AvgIpc) is 3.33. The largest absolute Gasteiger partial charge is 0.320 e. The van der Waals surface area contributed by atoms with Gasteiger partial charge in [0, 0.05) is 5.56 Å². The van der Waals surface area contributed by atoms with Crippen LogP contribution in [0.4, 0.5) is 20.2 Å². The van der Waals surface area contributed by atoms with Crippen LogP contribution >= 0.6 is 11.8 Å². The molecule has 1 fully saturated rings. The van der Waals surface area contributed by atoms with E-state index < -0.39 is 11.7 Å². The molecule has 186 valence electrons. The van der Waals surface area contributed by atoms with E-state index in [1.165, 1.54) is 35.2 Å². The van der Waals surface area contributed by atoms with Gasteiger partial charge in [0.1, 0.15) is 11.6 Å². The summed E-state index contributed by atoms with van der Waals surface area (Å²) in [6, 6.07) is 17.2. The van der Waals surface area contributed by atoms with Gasteiger partial charge in [-0.15, -0.1) is 10.2 Å². The van der Waals surface area contributed by atoms with E-state index in [1.54, 1.807) is 18.2 Å². The third-order valence-electron chi connectivity index (χ3n) is 5.90. The van der Waals surface area contributed by atoms with Crippen molar-refractivity contribution in [3.8, 4) is 0 Å². The zero-order chi connectivity index (χ0) is 26.3. The van der Waals surface area contributed by atoms with Gasteiger partial charge in [0.25, 0.3) is 11.8 Å². The van der Waals surface area contributed by atoms with Crippen molar-refractivity contribution in [3.63, 3.8) is 0 Å². The first-order valence-electron chi connectivity index (χ1n) is 11.5. The molecule has 6 nitrogen and oxygen atoms in total. The van der Waals surface area contributed by atoms with Crippen molar-refractivity contribution in [2.24, 2.45) is 10.2 Å². The molecule has 37 heavy (non-hydrogen) atoms. The lowest BCUT2D eigenvalue weighted by Crippen LogP contribution is -2.29. The van der Waals surface area contributed by atoms with Crippen molar-refractivity contribution in [1.82, 2.24) is 0 Å². The Kier molecular flexibility index (Phi) is 6.25. The van der Waals surface area contributed by atoms with Gasteiger partial charge in [-0.3, -0.25) is 14.5 Å². The van der Waals surface area contributed by atoms with Gasteiger partial charge in [-0.2, -0.15) is 0 Å². The molecule has 0 aromatic heterocycles. The quantitative estimate of drug-likeness (QED) is 0.338. The second-order valence-electron chi connectivity index (χ2n) is 9.57. The van der Waals surface area contributed by atoms with E-state index in [9.17, 15) is 18.4 Å². The van der Waals surface area contributed by atoms with Crippen LogP contribution < -0.4 is 10.2 Å². The molecule has 2 amide bonds. The molecule has 2 aliphatic rings. The Labute approximate surface area is 216 Å².